The van der Waals surface area contributed by atoms with Gasteiger partial charge in [-0.15, -0.1) is 0 Å². The van der Waals surface area contributed by atoms with E-state index in [1.165, 1.54) is 12.8 Å². The molecule has 1 aliphatic rings. The average Bonchev–Trinajstić information content (AvgIpc) is 2.83. The first-order chi connectivity index (χ1) is 8.55. The van der Waals surface area contributed by atoms with Crippen molar-refractivity contribution in [3.8, 4) is 0 Å². The summed E-state index contributed by atoms with van der Waals surface area (Å²) in [7, 11) is 0. The van der Waals surface area contributed by atoms with Gasteiger partial charge in [0.25, 0.3) is 0 Å². The zero-order chi connectivity index (χ0) is 13.2. The summed E-state index contributed by atoms with van der Waals surface area (Å²) in [5, 5.41) is 0.755. The van der Waals surface area contributed by atoms with Crippen molar-refractivity contribution in [2.24, 2.45) is 5.84 Å². The largest absolute Gasteiger partial charge is 0.296 e. The number of halogens is 1. The third-order valence-electron chi connectivity index (χ3n) is 3.98. The van der Waals surface area contributed by atoms with E-state index in [1.807, 2.05) is 18.2 Å². The Labute approximate surface area is 114 Å². The van der Waals surface area contributed by atoms with E-state index in [0.717, 1.165) is 23.7 Å². The summed E-state index contributed by atoms with van der Waals surface area (Å²) < 4.78 is 0. The molecule has 0 amide bonds. The van der Waals surface area contributed by atoms with Crippen LogP contribution >= 0.6 is 11.6 Å². The fourth-order valence-corrected chi connectivity index (χ4v) is 3.07. The van der Waals surface area contributed by atoms with Crippen molar-refractivity contribution < 1.29 is 0 Å². The minimum Gasteiger partial charge on any atom is -0.296 e. The highest BCUT2D eigenvalue weighted by Crippen LogP contribution is 2.33. The molecule has 1 heterocycles. The quantitative estimate of drug-likeness (QED) is 0.651. The Morgan fingerprint density at radius 2 is 2.00 bits per heavy atom. The molecule has 2 rings (SSSR count). The molecule has 1 fully saturated rings. The zero-order valence-electron chi connectivity index (χ0n) is 11.1. The molecule has 0 aromatic heterocycles. The van der Waals surface area contributed by atoms with E-state index in [9.17, 15) is 0 Å². The number of nitrogens with zero attached hydrogens (tertiary/aromatic N) is 1. The molecule has 3 nitrogen and oxygen atoms in total. The first kappa shape index (κ1) is 13.8. The summed E-state index contributed by atoms with van der Waals surface area (Å²) in [6.45, 7) is 6.77. The number of rotatable bonds is 4. The number of hydrogen-bond donors (Lipinski definition) is 2. The Morgan fingerprint density at radius 1 is 1.33 bits per heavy atom. The minimum atomic E-state index is -0.0179. The van der Waals surface area contributed by atoms with Gasteiger partial charge >= 0.3 is 0 Å². The Bertz CT molecular complexity index is 400. The van der Waals surface area contributed by atoms with Crippen LogP contribution in [-0.2, 0) is 0 Å². The molecule has 0 radical (unpaired) electrons. The van der Waals surface area contributed by atoms with Crippen molar-refractivity contribution in [2.45, 2.75) is 38.3 Å². The Balaban J connectivity index is 2.26. The monoisotopic (exact) mass is 267 g/mol. The zero-order valence-corrected chi connectivity index (χ0v) is 11.9. The molecule has 1 atom stereocenters. The van der Waals surface area contributed by atoms with Gasteiger partial charge in [0.1, 0.15) is 0 Å². The van der Waals surface area contributed by atoms with Crippen LogP contribution in [0.1, 0.15) is 38.3 Å². The summed E-state index contributed by atoms with van der Waals surface area (Å²) in [4.78, 5) is 2.50. The maximum atomic E-state index is 6.07. The molecule has 0 spiro atoms. The number of benzene rings is 1. The lowest BCUT2D eigenvalue weighted by molar-refractivity contribution is 0.107. The molecule has 3 N–H and O–H groups in total. The molecule has 18 heavy (non-hydrogen) atoms. The fraction of sp³-hybridized carbons (Fsp3) is 0.571. The summed E-state index contributed by atoms with van der Waals surface area (Å²) in [5.74, 6) is 5.79. The molecule has 1 saturated heterocycles. The van der Waals surface area contributed by atoms with Crippen LogP contribution in [0.4, 0.5) is 0 Å². The Morgan fingerprint density at radius 3 is 2.56 bits per heavy atom. The van der Waals surface area contributed by atoms with Gasteiger partial charge in [0.2, 0.25) is 0 Å². The van der Waals surface area contributed by atoms with Crippen LogP contribution in [0.5, 0.6) is 0 Å². The van der Waals surface area contributed by atoms with Crippen molar-refractivity contribution in [2.75, 3.05) is 13.1 Å². The highest BCUT2D eigenvalue weighted by molar-refractivity contribution is 6.30. The lowest BCUT2D eigenvalue weighted by atomic mass is 9.87. The highest BCUT2D eigenvalue weighted by atomic mass is 35.5. The maximum absolute atomic E-state index is 6.07. The van der Waals surface area contributed by atoms with E-state index in [0.29, 0.717) is 0 Å². The van der Waals surface area contributed by atoms with Gasteiger partial charge in [-0.25, -0.2) is 0 Å². The molecule has 1 aromatic rings. The summed E-state index contributed by atoms with van der Waals surface area (Å²) in [5.41, 5.74) is 4.09. The Hall–Kier alpha value is -0.610. The number of likely N-dealkylation sites (tertiary alicyclic amines) is 1. The van der Waals surface area contributed by atoms with E-state index in [-0.39, 0.29) is 11.6 Å². The summed E-state index contributed by atoms with van der Waals surface area (Å²) in [6.07, 6.45) is 2.55. The lowest BCUT2D eigenvalue weighted by Crippen LogP contribution is -2.53. The van der Waals surface area contributed by atoms with Crippen molar-refractivity contribution in [3.63, 3.8) is 0 Å². The Kier molecular flexibility index (Phi) is 4.28. The van der Waals surface area contributed by atoms with Crippen LogP contribution in [0.25, 0.3) is 0 Å². The van der Waals surface area contributed by atoms with Crippen molar-refractivity contribution in [1.82, 2.24) is 10.3 Å². The molecule has 0 aliphatic carbocycles. The lowest BCUT2D eigenvalue weighted by Gasteiger charge is -2.42. The normalized spacial score (nSPS) is 19.1. The van der Waals surface area contributed by atoms with Gasteiger partial charge in [-0.1, -0.05) is 23.7 Å². The second-order valence-corrected chi connectivity index (χ2v) is 5.94. The third kappa shape index (κ3) is 2.69. The van der Waals surface area contributed by atoms with E-state index in [2.05, 4.69) is 30.2 Å². The summed E-state index contributed by atoms with van der Waals surface area (Å²) >= 11 is 6.07. The molecule has 1 aromatic carbocycles. The molecule has 1 unspecified atom stereocenters. The number of nitrogens with two attached hydrogens (primary N) is 1. The van der Waals surface area contributed by atoms with Crippen LogP contribution < -0.4 is 11.3 Å². The number of hydrogen-bond acceptors (Lipinski definition) is 3. The molecule has 100 valence electrons. The van der Waals surface area contributed by atoms with Gasteiger partial charge in [0.15, 0.2) is 0 Å². The standard InChI is InChI=1S/C14H22ClN3/c1-14(2,18-8-3-4-9-18)13(17-16)11-6-5-7-12(15)10-11/h5-7,10,13,17H,3-4,8-9,16H2,1-2H3. The molecule has 0 saturated carbocycles. The van der Waals surface area contributed by atoms with Crippen molar-refractivity contribution in [1.29, 1.82) is 0 Å². The smallest absolute Gasteiger partial charge is 0.0639 e. The van der Waals surface area contributed by atoms with Gasteiger partial charge in [0.05, 0.1) is 6.04 Å². The van der Waals surface area contributed by atoms with Gasteiger partial charge < -0.3 is 0 Å². The molecular formula is C14H22ClN3. The first-order valence-electron chi connectivity index (χ1n) is 6.52. The number of nitrogens with one attached hydrogen (secondary N) is 1. The average molecular weight is 268 g/mol. The van der Waals surface area contributed by atoms with Gasteiger partial charge in [-0.2, -0.15) is 0 Å². The molecule has 0 bridgehead atoms. The predicted molar refractivity (Wildman–Crippen MR) is 76.4 cm³/mol. The van der Waals surface area contributed by atoms with Crippen LogP contribution in [0, 0.1) is 0 Å². The third-order valence-corrected chi connectivity index (χ3v) is 4.21. The molecule has 4 heteroatoms. The molecular weight excluding hydrogens is 246 g/mol. The van der Waals surface area contributed by atoms with Crippen LogP contribution in [-0.4, -0.2) is 23.5 Å². The second kappa shape index (κ2) is 5.57. The topological polar surface area (TPSA) is 41.3 Å². The van der Waals surface area contributed by atoms with Crippen molar-refractivity contribution >= 4 is 11.6 Å². The second-order valence-electron chi connectivity index (χ2n) is 5.50. The number of hydrazine groups is 1. The molecule has 1 aliphatic heterocycles. The predicted octanol–water partition coefficient (Wildman–Crippen LogP) is 2.72. The van der Waals surface area contributed by atoms with E-state index < -0.39 is 0 Å². The summed E-state index contributed by atoms with van der Waals surface area (Å²) in [6, 6.07) is 8.01. The van der Waals surface area contributed by atoms with Crippen LogP contribution in [0.2, 0.25) is 5.02 Å². The maximum Gasteiger partial charge on any atom is 0.0639 e. The van der Waals surface area contributed by atoms with Crippen LogP contribution in [0.3, 0.4) is 0 Å². The van der Waals surface area contributed by atoms with Crippen molar-refractivity contribution in [3.05, 3.63) is 34.9 Å². The van der Waals surface area contributed by atoms with Crippen LogP contribution in [0.15, 0.2) is 24.3 Å². The van der Waals surface area contributed by atoms with E-state index in [1.54, 1.807) is 0 Å². The minimum absolute atomic E-state index is 0.0179. The highest BCUT2D eigenvalue weighted by Gasteiger charge is 2.37. The SMILES string of the molecule is CC(C)(C(NN)c1cccc(Cl)c1)N1CCCC1. The van der Waals surface area contributed by atoms with Gasteiger partial charge in [0, 0.05) is 10.6 Å². The van der Waals surface area contributed by atoms with E-state index >= 15 is 0 Å². The van der Waals surface area contributed by atoms with Gasteiger partial charge in [-0.3, -0.25) is 16.2 Å². The van der Waals surface area contributed by atoms with E-state index in [4.69, 9.17) is 17.4 Å². The fourth-order valence-electron chi connectivity index (χ4n) is 2.87. The first-order valence-corrected chi connectivity index (χ1v) is 6.90. The van der Waals surface area contributed by atoms with Gasteiger partial charge in [-0.05, 0) is 57.5 Å².